The number of nitrogens with zero attached hydrogens (tertiary/aromatic N) is 1. The van der Waals surface area contributed by atoms with Crippen molar-refractivity contribution in [1.29, 1.82) is 0 Å². The van der Waals surface area contributed by atoms with Crippen LogP contribution in [0.15, 0.2) is 30.5 Å². The van der Waals surface area contributed by atoms with E-state index < -0.39 is 0 Å². The number of rotatable bonds is 4. The fourth-order valence-corrected chi connectivity index (χ4v) is 1.86. The third kappa shape index (κ3) is 3.26. The molecule has 2 aromatic rings. The topological polar surface area (TPSA) is 69.8 Å². The Labute approximate surface area is 116 Å². The van der Waals surface area contributed by atoms with Crippen LogP contribution in [0.4, 0.5) is 11.4 Å². The van der Waals surface area contributed by atoms with Gasteiger partial charge in [0, 0.05) is 12.2 Å². The minimum absolute atomic E-state index is 0.211. The molecule has 0 saturated heterocycles. The lowest BCUT2D eigenvalue weighted by atomic mass is 10.2. The Morgan fingerprint density at radius 1 is 1.37 bits per heavy atom. The van der Waals surface area contributed by atoms with E-state index >= 15 is 0 Å². The summed E-state index contributed by atoms with van der Waals surface area (Å²) in [4.78, 5) is 12.0. The van der Waals surface area contributed by atoms with Crippen molar-refractivity contribution in [2.45, 2.75) is 19.9 Å². The van der Waals surface area contributed by atoms with Crippen LogP contribution in [0.5, 0.6) is 0 Å². The van der Waals surface area contributed by atoms with Crippen LogP contribution in [-0.2, 0) is 0 Å². The number of para-hydroxylation sites is 1. The molecule has 100 valence electrons. The molecule has 2 rings (SSSR count). The number of aromatic nitrogens is 2. The number of carbonyl (C=O) groups is 1. The molecule has 0 saturated carbocycles. The number of amides is 1. The second kappa shape index (κ2) is 5.75. The van der Waals surface area contributed by atoms with Gasteiger partial charge in [-0.25, -0.2) is 0 Å². The molecule has 0 aliphatic heterocycles. The minimum Gasteiger partial charge on any atom is -0.380 e. The number of H-pyrrole nitrogens is 1. The van der Waals surface area contributed by atoms with E-state index in [-0.39, 0.29) is 11.9 Å². The molecule has 3 N–H and O–H groups in total. The average Bonchev–Trinajstić information content (AvgIpc) is 2.87. The molecule has 0 atom stereocenters. The number of anilines is 2. The smallest absolute Gasteiger partial charge is 0.273 e. The molecule has 1 aromatic carbocycles. The summed E-state index contributed by atoms with van der Waals surface area (Å²) in [6.45, 7) is 4.01. The van der Waals surface area contributed by atoms with E-state index in [2.05, 4.69) is 20.8 Å². The molecule has 5 nitrogen and oxygen atoms in total. The number of hydrogen-bond acceptors (Lipinski definition) is 3. The summed E-state index contributed by atoms with van der Waals surface area (Å²) in [6, 6.07) is 7.18. The van der Waals surface area contributed by atoms with Crippen LogP contribution in [0.1, 0.15) is 24.3 Å². The highest BCUT2D eigenvalue weighted by atomic mass is 35.5. The number of benzene rings is 1. The molecule has 0 radical (unpaired) electrons. The maximum atomic E-state index is 12.0. The Balaban J connectivity index is 2.24. The zero-order valence-electron chi connectivity index (χ0n) is 10.7. The van der Waals surface area contributed by atoms with Gasteiger partial charge in [-0.2, -0.15) is 5.10 Å². The molecule has 1 amide bonds. The number of nitrogens with one attached hydrogen (secondary N) is 3. The van der Waals surface area contributed by atoms with Gasteiger partial charge in [-0.1, -0.05) is 17.7 Å². The maximum absolute atomic E-state index is 12.0. The molecule has 0 unspecified atom stereocenters. The summed E-state index contributed by atoms with van der Waals surface area (Å²) >= 11 is 6.15. The normalized spacial score (nSPS) is 10.5. The highest BCUT2D eigenvalue weighted by molar-refractivity contribution is 6.34. The van der Waals surface area contributed by atoms with E-state index in [4.69, 9.17) is 11.6 Å². The highest BCUT2D eigenvalue weighted by Crippen LogP contribution is 2.31. The Morgan fingerprint density at radius 2 is 2.16 bits per heavy atom. The molecular weight excluding hydrogens is 264 g/mol. The maximum Gasteiger partial charge on any atom is 0.273 e. The molecule has 0 bridgehead atoms. The monoisotopic (exact) mass is 278 g/mol. The SMILES string of the molecule is CC(C)Nc1c(Cl)cccc1NC(=O)c1ccn[nH]1. The zero-order chi connectivity index (χ0) is 13.8. The van der Waals surface area contributed by atoms with Crippen molar-refractivity contribution in [3.8, 4) is 0 Å². The van der Waals surface area contributed by atoms with Gasteiger partial charge < -0.3 is 10.6 Å². The summed E-state index contributed by atoms with van der Waals surface area (Å²) in [5.41, 5.74) is 1.75. The lowest BCUT2D eigenvalue weighted by Gasteiger charge is -2.16. The minimum atomic E-state index is -0.258. The zero-order valence-corrected chi connectivity index (χ0v) is 11.5. The fraction of sp³-hybridized carbons (Fsp3) is 0.231. The Hall–Kier alpha value is -2.01. The third-order valence-corrected chi connectivity index (χ3v) is 2.76. The summed E-state index contributed by atoms with van der Waals surface area (Å²) in [6.07, 6.45) is 1.53. The van der Waals surface area contributed by atoms with E-state index in [1.165, 1.54) is 6.20 Å². The van der Waals surface area contributed by atoms with E-state index in [1.54, 1.807) is 24.3 Å². The molecule has 0 spiro atoms. The number of hydrogen-bond donors (Lipinski definition) is 3. The van der Waals surface area contributed by atoms with Crippen molar-refractivity contribution in [1.82, 2.24) is 10.2 Å². The Bertz CT molecular complexity index is 566. The highest BCUT2D eigenvalue weighted by Gasteiger charge is 2.12. The summed E-state index contributed by atoms with van der Waals surface area (Å²) < 4.78 is 0. The summed E-state index contributed by atoms with van der Waals surface area (Å²) in [5, 5.41) is 12.9. The van der Waals surface area contributed by atoms with Crippen LogP contribution >= 0.6 is 11.6 Å². The molecule has 0 fully saturated rings. The van der Waals surface area contributed by atoms with Crippen LogP contribution in [0.25, 0.3) is 0 Å². The average molecular weight is 279 g/mol. The summed E-state index contributed by atoms with van der Waals surface area (Å²) in [5.74, 6) is -0.258. The molecule has 0 aliphatic carbocycles. The van der Waals surface area contributed by atoms with Gasteiger partial charge in [0.05, 0.1) is 16.4 Å². The van der Waals surface area contributed by atoms with Crippen molar-refractivity contribution < 1.29 is 4.79 Å². The van der Waals surface area contributed by atoms with Crippen LogP contribution in [0.3, 0.4) is 0 Å². The third-order valence-electron chi connectivity index (χ3n) is 2.44. The second-order valence-electron chi connectivity index (χ2n) is 4.39. The van der Waals surface area contributed by atoms with Gasteiger partial charge in [0.2, 0.25) is 0 Å². The van der Waals surface area contributed by atoms with Crippen LogP contribution in [0.2, 0.25) is 5.02 Å². The molecule has 6 heteroatoms. The molecule has 1 heterocycles. The largest absolute Gasteiger partial charge is 0.380 e. The van der Waals surface area contributed by atoms with Crippen molar-refractivity contribution in [3.63, 3.8) is 0 Å². The van der Waals surface area contributed by atoms with E-state index in [9.17, 15) is 4.79 Å². The predicted molar refractivity (Wildman–Crippen MR) is 76.8 cm³/mol. The predicted octanol–water partition coefficient (Wildman–Crippen LogP) is 3.14. The first kappa shape index (κ1) is 13.4. The second-order valence-corrected chi connectivity index (χ2v) is 4.79. The van der Waals surface area contributed by atoms with Gasteiger partial charge in [0.15, 0.2) is 0 Å². The lowest BCUT2D eigenvalue weighted by Crippen LogP contribution is -2.16. The van der Waals surface area contributed by atoms with Gasteiger partial charge in [-0.05, 0) is 32.0 Å². The van der Waals surface area contributed by atoms with E-state index in [0.29, 0.717) is 22.1 Å². The fourth-order valence-electron chi connectivity index (χ4n) is 1.64. The molecule has 1 aromatic heterocycles. The lowest BCUT2D eigenvalue weighted by molar-refractivity contribution is 0.102. The van der Waals surface area contributed by atoms with Crippen molar-refractivity contribution >= 4 is 28.9 Å². The van der Waals surface area contributed by atoms with Gasteiger partial charge >= 0.3 is 0 Å². The van der Waals surface area contributed by atoms with E-state index in [0.717, 1.165) is 0 Å². The Kier molecular flexibility index (Phi) is 4.06. The number of aromatic amines is 1. The quantitative estimate of drug-likeness (QED) is 0.805. The van der Waals surface area contributed by atoms with Gasteiger partial charge in [-0.15, -0.1) is 0 Å². The van der Waals surface area contributed by atoms with Crippen LogP contribution < -0.4 is 10.6 Å². The summed E-state index contributed by atoms with van der Waals surface area (Å²) in [7, 11) is 0. The van der Waals surface area contributed by atoms with Crippen LogP contribution in [0, 0.1) is 0 Å². The molecule has 0 aliphatic rings. The number of carbonyl (C=O) groups excluding carboxylic acids is 1. The van der Waals surface area contributed by atoms with Crippen LogP contribution in [-0.4, -0.2) is 22.1 Å². The van der Waals surface area contributed by atoms with Crippen molar-refractivity contribution in [3.05, 3.63) is 41.2 Å². The first-order chi connectivity index (χ1) is 9.08. The van der Waals surface area contributed by atoms with Crippen molar-refractivity contribution in [2.24, 2.45) is 0 Å². The standard InChI is InChI=1S/C13H15ClN4O/c1-8(2)16-12-9(14)4-3-5-10(12)17-13(19)11-6-7-15-18-11/h3-8,16H,1-2H3,(H,15,18)(H,17,19). The van der Waals surface area contributed by atoms with Crippen molar-refractivity contribution in [2.75, 3.05) is 10.6 Å². The number of halogens is 1. The van der Waals surface area contributed by atoms with Gasteiger partial charge in [0.1, 0.15) is 5.69 Å². The first-order valence-corrected chi connectivity index (χ1v) is 6.31. The molecular formula is C13H15ClN4O. The Morgan fingerprint density at radius 3 is 2.79 bits per heavy atom. The molecule has 19 heavy (non-hydrogen) atoms. The van der Waals surface area contributed by atoms with Gasteiger partial charge in [-0.3, -0.25) is 9.89 Å². The van der Waals surface area contributed by atoms with E-state index in [1.807, 2.05) is 13.8 Å². The first-order valence-electron chi connectivity index (χ1n) is 5.93. The van der Waals surface area contributed by atoms with Gasteiger partial charge in [0.25, 0.3) is 5.91 Å².